The Kier molecular flexibility index (Phi) is 14.4. The second kappa shape index (κ2) is 15.0. The first-order valence-electron chi connectivity index (χ1n) is 8.82. The summed E-state index contributed by atoms with van der Waals surface area (Å²) in [4.78, 5) is 10.3. The van der Waals surface area contributed by atoms with E-state index in [1.165, 1.54) is 0 Å². The third-order valence-corrected chi connectivity index (χ3v) is 3.80. The van der Waals surface area contributed by atoms with Gasteiger partial charge in [0.05, 0.1) is 12.2 Å². The lowest BCUT2D eigenvalue weighted by Gasteiger charge is -2.08. The number of unbranched alkanes of at least 4 members (excludes halogenated alkanes) is 7. The van der Waals surface area contributed by atoms with Crippen molar-refractivity contribution < 1.29 is 20.1 Å². The van der Waals surface area contributed by atoms with Gasteiger partial charge in [-0.2, -0.15) is 0 Å². The van der Waals surface area contributed by atoms with E-state index in [9.17, 15) is 15.0 Å². The van der Waals surface area contributed by atoms with Crippen LogP contribution >= 0.6 is 0 Å². The van der Waals surface area contributed by atoms with Crippen LogP contribution in [-0.4, -0.2) is 33.5 Å². The number of aliphatic hydroxyl groups is 2. The molecule has 0 aliphatic heterocycles. The molecule has 4 heteroatoms. The van der Waals surface area contributed by atoms with Gasteiger partial charge in [-0.25, -0.2) is 0 Å². The summed E-state index contributed by atoms with van der Waals surface area (Å²) in [6.45, 7) is 2.14. The molecule has 0 saturated heterocycles. The average molecular weight is 314 g/mol. The number of carboxylic acids is 1. The third-order valence-electron chi connectivity index (χ3n) is 3.80. The molecular formula is C18H34O4. The van der Waals surface area contributed by atoms with Crippen molar-refractivity contribution in [3.8, 4) is 0 Å². The Morgan fingerprint density at radius 2 is 1.27 bits per heavy atom. The van der Waals surface area contributed by atoms with Crippen LogP contribution in [0.15, 0.2) is 12.2 Å². The quantitative estimate of drug-likeness (QED) is 0.315. The zero-order valence-electron chi connectivity index (χ0n) is 14.0. The van der Waals surface area contributed by atoms with E-state index >= 15 is 0 Å². The fourth-order valence-corrected chi connectivity index (χ4v) is 2.39. The zero-order valence-corrected chi connectivity index (χ0v) is 14.0. The number of carbonyl (C=O) groups is 1. The highest BCUT2D eigenvalue weighted by Gasteiger charge is 2.03. The number of aliphatic hydroxyl groups excluding tert-OH is 2. The van der Waals surface area contributed by atoms with Crippen LogP contribution in [-0.2, 0) is 4.79 Å². The molecule has 0 aliphatic rings. The molecule has 0 aromatic heterocycles. The molecule has 0 unspecified atom stereocenters. The van der Waals surface area contributed by atoms with E-state index in [-0.39, 0.29) is 6.42 Å². The van der Waals surface area contributed by atoms with Gasteiger partial charge in [0.2, 0.25) is 0 Å². The molecule has 2 atom stereocenters. The third kappa shape index (κ3) is 15.5. The highest BCUT2D eigenvalue weighted by atomic mass is 16.4. The average Bonchev–Trinajstić information content (AvgIpc) is 2.47. The first kappa shape index (κ1) is 21.1. The van der Waals surface area contributed by atoms with Crippen molar-refractivity contribution in [3.05, 3.63) is 12.2 Å². The van der Waals surface area contributed by atoms with Crippen molar-refractivity contribution in [2.75, 3.05) is 0 Å². The molecule has 0 aromatic rings. The summed E-state index contributed by atoms with van der Waals surface area (Å²) in [5, 5.41) is 28.0. The summed E-state index contributed by atoms with van der Waals surface area (Å²) >= 11 is 0. The second-order valence-electron chi connectivity index (χ2n) is 6.07. The first-order chi connectivity index (χ1) is 10.6. The van der Waals surface area contributed by atoms with E-state index in [0.29, 0.717) is 0 Å². The lowest BCUT2D eigenvalue weighted by molar-refractivity contribution is -0.137. The number of hydrogen-bond acceptors (Lipinski definition) is 3. The Balaban J connectivity index is 3.44. The van der Waals surface area contributed by atoms with E-state index < -0.39 is 18.2 Å². The molecule has 4 nitrogen and oxygen atoms in total. The molecule has 0 rings (SSSR count). The molecule has 3 N–H and O–H groups in total. The maximum atomic E-state index is 10.3. The van der Waals surface area contributed by atoms with Gasteiger partial charge in [0, 0.05) is 6.42 Å². The first-order valence-corrected chi connectivity index (χ1v) is 8.82. The van der Waals surface area contributed by atoms with Gasteiger partial charge in [0.1, 0.15) is 0 Å². The molecule has 0 fully saturated rings. The minimum absolute atomic E-state index is 0.268. The molecule has 0 saturated carbocycles. The van der Waals surface area contributed by atoms with E-state index in [4.69, 9.17) is 5.11 Å². The Labute approximate surface area is 135 Å². The minimum atomic E-state index is -0.716. The number of rotatable bonds is 15. The minimum Gasteiger partial charge on any atom is -0.481 e. The SMILES string of the molecule is CCCCC[C@H](O)/C=C/[C@@H](O)CCCCCCCCC(=O)O. The smallest absolute Gasteiger partial charge is 0.303 e. The van der Waals surface area contributed by atoms with E-state index in [1.807, 2.05) is 0 Å². The monoisotopic (exact) mass is 314 g/mol. The predicted molar refractivity (Wildman–Crippen MR) is 89.9 cm³/mol. The molecule has 0 bridgehead atoms. The molecule has 130 valence electrons. The summed E-state index contributed by atoms with van der Waals surface area (Å²) in [7, 11) is 0. The molecule has 0 radical (unpaired) electrons. The predicted octanol–water partition coefficient (Wildman–Crippen LogP) is 4.05. The maximum absolute atomic E-state index is 10.3. The lowest BCUT2D eigenvalue weighted by Crippen LogP contribution is -2.06. The number of hydrogen-bond donors (Lipinski definition) is 3. The highest BCUT2D eigenvalue weighted by molar-refractivity contribution is 5.66. The maximum Gasteiger partial charge on any atom is 0.303 e. The van der Waals surface area contributed by atoms with Crippen LogP contribution in [0.5, 0.6) is 0 Å². The number of aliphatic carboxylic acids is 1. The van der Waals surface area contributed by atoms with Crippen LogP contribution in [0.25, 0.3) is 0 Å². The molecule has 0 aliphatic carbocycles. The zero-order chi connectivity index (χ0) is 16.6. The molecule has 0 spiro atoms. The van der Waals surface area contributed by atoms with E-state index in [2.05, 4.69) is 6.92 Å². The van der Waals surface area contributed by atoms with E-state index in [0.717, 1.165) is 70.6 Å². The van der Waals surface area contributed by atoms with Gasteiger partial charge in [-0.15, -0.1) is 0 Å². The van der Waals surface area contributed by atoms with Gasteiger partial charge in [0.15, 0.2) is 0 Å². The molecule has 22 heavy (non-hydrogen) atoms. The normalized spacial score (nSPS) is 14.3. The van der Waals surface area contributed by atoms with Crippen molar-refractivity contribution in [3.63, 3.8) is 0 Å². The van der Waals surface area contributed by atoms with Crippen molar-refractivity contribution in [2.24, 2.45) is 0 Å². The Morgan fingerprint density at radius 3 is 1.77 bits per heavy atom. The van der Waals surface area contributed by atoms with Gasteiger partial charge < -0.3 is 15.3 Å². The van der Waals surface area contributed by atoms with Crippen LogP contribution in [0.2, 0.25) is 0 Å². The summed E-state index contributed by atoms with van der Waals surface area (Å²) < 4.78 is 0. The fraction of sp³-hybridized carbons (Fsp3) is 0.833. The standard InChI is InChI=1S/C18H34O4/c1-2-3-8-11-16(19)14-15-17(20)12-9-6-4-5-7-10-13-18(21)22/h14-17,19-20H,2-13H2,1H3,(H,21,22)/b15-14+/t16-,17-/m0/s1. The Morgan fingerprint density at radius 1 is 0.818 bits per heavy atom. The molecule has 0 heterocycles. The Bertz CT molecular complexity index is 289. The number of carboxylic acid groups (broad SMARTS) is 1. The van der Waals surface area contributed by atoms with Gasteiger partial charge in [-0.3, -0.25) is 4.79 Å². The van der Waals surface area contributed by atoms with Crippen LogP contribution < -0.4 is 0 Å². The van der Waals surface area contributed by atoms with Gasteiger partial charge in [-0.1, -0.05) is 70.4 Å². The second-order valence-corrected chi connectivity index (χ2v) is 6.07. The summed E-state index contributed by atoms with van der Waals surface area (Å²) in [6, 6.07) is 0. The van der Waals surface area contributed by atoms with Gasteiger partial charge >= 0.3 is 5.97 Å². The molecule has 0 amide bonds. The van der Waals surface area contributed by atoms with Crippen LogP contribution in [0, 0.1) is 0 Å². The largest absolute Gasteiger partial charge is 0.481 e. The topological polar surface area (TPSA) is 77.8 Å². The highest BCUT2D eigenvalue weighted by Crippen LogP contribution is 2.11. The fourth-order valence-electron chi connectivity index (χ4n) is 2.39. The molecule has 0 aromatic carbocycles. The lowest BCUT2D eigenvalue weighted by atomic mass is 10.0. The molecular weight excluding hydrogens is 280 g/mol. The summed E-state index contributed by atoms with van der Waals surface area (Å²) in [6.07, 6.45) is 13.5. The van der Waals surface area contributed by atoms with Gasteiger partial charge in [0.25, 0.3) is 0 Å². The van der Waals surface area contributed by atoms with Crippen molar-refractivity contribution in [2.45, 2.75) is 96.2 Å². The summed E-state index contributed by atoms with van der Waals surface area (Å²) in [5.74, 6) is -0.716. The van der Waals surface area contributed by atoms with Gasteiger partial charge in [-0.05, 0) is 19.3 Å². The van der Waals surface area contributed by atoms with Crippen molar-refractivity contribution in [1.82, 2.24) is 0 Å². The Hall–Kier alpha value is -0.870. The van der Waals surface area contributed by atoms with Crippen LogP contribution in [0.1, 0.15) is 84.0 Å². The van der Waals surface area contributed by atoms with E-state index in [1.54, 1.807) is 12.2 Å². The van der Waals surface area contributed by atoms with Crippen molar-refractivity contribution >= 4 is 5.97 Å². The van der Waals surface area contributed by atoms with Crippen LogP contribution in [0.3, 0.4) is 0 Å². The van der Waals surface area contributed by atoms with Crippen LogP contribution in [0.4, 0.5) is 0 Å². The van der Waals surface area contributed by atoms with Crippen molar-refractivity contribution in [1.29, 1.82) is 0 Å². The summed E-state index contributed by atoms with van der Waals surface area (Å²) in [5.41, 5.74) is 0.